The SMILES string of the molecule is CNC#CCNC(=O)COCN. The molecule has 0 rings (SSSR count). The first-order valence-electron chi connectivity index (χ1n) is 3.50. The Morgan fingerprint density at radius 3 is 3.00 bits per heavy atom. The molecule has 0 aliphatic carbocycles. The Bertz CT molecular complexity index is 183. The van der Waals surface area contributed by atoms with Crippen molar-refractivity contribution in [3.05, 3.63) is 0 Å². The molecule has 0 unspecified atom stereocenters. The fourth-order valence-corrected chi connectivity index (χ4v) is 0.478. The van der Waals surface area contributed by atoms with E-state index >= 15 is 0 Å². The van der Waals surface area contributed by atoms with Crippen LogP contribution in [0.5, 0.6) is 0 Å². The van der Waals surface area contributed by atoms with Gasteiger partial charge in [0.25, 0.3) is 0 Å². The molecule has 0 aliphatic heterocycles. The Morgan fingerprint density at radius 1 is 1.67 bits per heavy atom. The first-order valence-corrected chi connectivity index (χ1v) is 3.50. The van der Waals surface area contributed by atoms with Gasteiger partial charge in [-0.25, -0.2) is 0 Å². The van der Waals surface area contributed by atoms with Crippen molar-refractivity contribution >= 4 is 5.91 Å². The molecule has 0 atom stereocenters. The van der Waals surface area contributed by atoms with Crippen LogP contribution in [0.25, 0.3) is 0 Å². The van der Waals surface area contributed by atoms with Crippen molar-refractivity contribution in [2.45, 2.75) is 0 Å². The Labute approximate surface area is 71.6 Å². The number of amides is 1. The minimum Gasteiger partial charge on any atom is -0.357 e. The average molecular weight is 171 g/mol. The molecular weight excluding hydrogens is 158 g/mol. The summed E-state index contributed by atoms with van der Waals surface area (Å²) in [5.74, 6) is 2.45. The lowest BCUT2D eigenvalue weighted by molar-refractivity contribution is -0.125. The van der Waals surface area contributed by atoms with Gasteiger partial charge in [-0.05, 0) is 0 Å². The van der Waals surface area contributed by atoms with Crippen LogP contribution in [0.1, 0.15) is 0 Å². The van der Waals surface area contributed by atoms with Gasteiger partial charge >= 0.3 is 0 Å². The van der Waals surface area contributed by atoms with E-state index in [4.69, 9.17) is 5.73 Å². The highest BCUT2D eigenvalue weighted by molar-refractivity contribution is 5.77. The lowest BCUT2D eigenvalue weighted by Gasteiger charge is -1.99. The van der Waals surface area contributed by atoms with Gasteiger partial charge in [-0.2, -0.15) is 0 Å². The Morgan fingerprint density at radius 2 is 2.42 bits per heavy atom. The maximum absolute atomic E-state index is 10.8. The van der Waals surface area contributed by atoms with Gasteiger partial charge < -0.3 is 21.1 Å². The summed E-state index contributed by atoms with van der Waals surface area (Å²) in [4.78, 5) is 10.8. The van der Waals surface area contributed by atoms with Gasteiger partial charge in [-0.1, -0.05) is 5.92 Å². The highest BCUT2D eigenvalue weighted by atomic mass is 16.5. The molecule has 0 aromatic rings. The molecule has 0 fully saturated rings. The molecule has 0 aromatic carbocycles. The standard InChI is InChI=1S/C7H13N3O2/c1-9-3-2-4-10-7(11)5-12-6-8/h9H,4-6,8H2,1H3,(H,10,11). The van der Waals surface area contributed by atoms with Gasteiger partial charge in [0.15, 0.2) is 0 Å². The summed E-state index contributed by atoms with van der Waals surface area (Å²) < 4.78 is 4.65. The number of hydrogen-bond donors (Lipinski definition) is 3. The molecule has 68 valence electrons. The van der Waals surface area contributed by atoms with Crippen molar-refractivity contribution in [1.29, 1.82) is 0 Å². The number of carbonyl (C=O) groups is 1. The predicted octanol–water partition coefficient (Wildman–Crippen LogP) is -1.78. The summed E-state index contributed by atoms with van der Waals surface area (Å²) in [6.45, 7) is 0.348. The number of nitrogens with one attached hydrogen (secondary N) is 2. The van der Waals surface area contributed by atoms with Gasteiger partial charge in [0.05, 0.1) is 13.3 Å². The topological polar surface area (TPSA) is 76.4 Å². The van der Waals surface area contributed by atoms with Crippen molar-refractivity contribution in [3.8, 4) is 12.0 Å². The van der Waals surface area contributed by atoms with Crippen LogP contribution >= 0.6 is 0 Å². The quantitative estimate of drug-likeness (QED) is 0.265. The van der Waals surface area contributed by atoms with E-state index in [0.29, 0.717) is 6.54 Å². The van der Waals surface area contributed by atoms with Gasteiger partial charge in [-0.15, -0.1) is 0 Å². The number of nitrogens with two attached hydrogens (primary N) is 1. The first-order chi connectivity index (χ1) is 5.81. The zero-order chi connectivity index (χ0) is 9.23. The lowest BCUT2D eigenvalue weighted by atomic mass is 10.6. The molecule has 5 heteroatoms. The molecule has 0 saturated heterocycles. The fourth-order valence-electron chi connectivity index (χ4n) is 0.478. The second-order valence-corrected chi connectivity index (χ2v) is 1.84. The maximum Gasteiger partial charge on any atom is 0.246 e. The molecule has 12 heavy (non-hydrogen) atoms. The van der Waals surface area contributed by atoms with Crippen LogP contribution in [0, 0.1) is 12.0 Å². The smallest absolute Gasteiger partial charge is 0.246 e. The van der Waals surface area contributed by atoms with Gasteiger partial charge in [-0.3, -0.25) is 4.79 Å². The van der Waals surface area contributed by atoms with Crippen molar-refractivity contribution in [1.82, 2.24) is 10.6 Å². The lowest BCUT2D eigenvalue weighted by Crippen LogP contribution is -2.28. The number of rotatable bonds is 4. The molecule has 0 aromatic heterocycles. The van der Waals surface area contributed by atoms with E-state index in [1.165, 1.54) is 0 Å². The molecule has 0 bridgehead atoms. The Kier molecular flexibility index (Phi) is 7.03. The van der Waals surface area contributed by atoms with Gasteiger partial charge in [0, 0.05) is 13.1 Å². The van der Waals surface area contributed by atoms with Crippen LogP contribution < -0.4 is 16.4 Å². The molecule has 0 saturated carbocycles. The van der Waals surface area contributed by atoms with Gasteiger partial charge in [0.1, 0.15) is 6.61 Å². The summed E-state index contributed by atoms with van der Waals surface area (Å²) in [6, 6.07) is 2.58. The van der Waals surface area contributed by atoms with E-state index in [2.05, 4.69) is 27.3 Å². The van der Waals surface area contributed by atoms with E-state index in [1.807, 2.05) is 0 Å². The number of ether oxygens (including phenoxy) is 1. The largest absolute Gasteiger partial charge is 0.357 e. The normalized spacial score (nSPS) is 8.17. The minimum absolute atomic E-state index is 0.0161. The molecule has 5 nitrogen and oxygen atoms in total. The molecule has 0 heterocycles. The molecule has 0 radical (unpaired) electrons. The summed E-state index contributed by atoms with van der Waals surface area (Å²) in [6.07, 6.45) is 0. The highest BCUT2D eigenvalue weighted by Crippen LogP contribution is 1.69. The summed E-state index contributed by atoms with van der Waals surface area (Å²) in [5, 5.41) is 5.14. The fraction of sp³-hybridized carbons (Fsp3) is 0.571. The third kappa shape index (κ3) is 6.86. The molecule has 4 N–H and O–H groups in total. The Balaban J connectivity index is 3.31. The molecule has 1 amide bonds. The zero-order valence-corrected chi connectivity index (χ0v) is 7.02. The van der Waals surface area contributed by atoms with E-state index in [0.717, 1.165) is 0 Å². The van der Waals surface area contributed by atoms with Crippen LogP contribution in [0.4, 0.5) is 0 Å². The van der Waals surface area contributed by atoms with Crippen molar-refractivity contribution < 1.29 is 9.53 Å². The Hall–Kier alpha value is -1.25. The predicted molar refractivity (Wildman–Crippen MR) is 44.9 cm³/mol. The average Bonchev–Trinajstić information content (AvgIpc) is 2.09. The van der Waals surface area contributed by atoms with E-state index in [9.17, 15) is 4.79 Å². The van der Waals surface area contributed by atoms with Crippen molar-refractivity contribution in [2.24, 2.45) is 5.73 Å². The third-order valence-corrected chi connectivity index (χ3v) is 0.938. The molecule has 0 aliphatic rings. The molecular formula is C7H13N3O2. The summed E-state index contributed by atoms with van der Waals surface area (Å²) in [5.41, 5.74) is 5.01. The first kappa shape index (κ1) is 10.8. The highest BCUT2D eigenvalue weighted by Gasteiger charge is 1.96. The van der Waals surface area contributed by atoms with Crippen LogP contribution in [-0.4, -0.2) is 32.8 Å². The summed E-state index contributed by atoms with van der Waals surface area (Å²) >= 11 is 0. The number of carbonyl (C=O) groups excluding carboxylic acids is 1. The van der Waals surface area contributed by atoms with Crippen molar-refractivity contribution in [3.63, 3.8) is 0 Å². The molecule has 0 spiro atoms. The van der Waals surface area contributed by atoms with E-state index in [1.54, 1.807) is 7.05 Å². The van der Waals surface area contributed by atoms with Crippen LogP contribution in [0.3, 0.4) is 0 Å². The van der Waals surface area contributed by atoms with E-state index < -0.39 is 0 Å². The third-order valence-electron chi connectivity index (χ3n) is 0.938. The second kappa shape index (κ2) is 7.85. The van der Waals surface area contributed by atoms with Crippen LogP contribution in [-0.2, 0) is 9.53 Å². The van der Waals surface area contributed by atoms with Crippen LogP contribution in [0.15, 0.2) is 0 Å². The maximum atomic E-state index is 10.8. The van der Waals surface area contributed by atoms with Crippen molar-refractivity contribution in [2.75, 3.05) is 26.9 Å². The van der Waals surface area contributed by atoms with Crippen LogP contribution in [0.2, 0.25) is 0 Å². The second-order valence-electron chi connectivity index (χ2n) is 1.84. The number of hydrogen-bond acceptors (Lipinski definition) is 4. The van der Waals surface area contributed by atoms with Gasteiger partial charge in [0.2, 0.25) is 5.91 Å². The monoisotopic (exact) mass is 171 g/mol. The zero-order valence-electron chi connectivity index (χ0n) is 7.02. The minimum atomic E-state index is -0.217. The van der Waals surface area contributed by atoms with E-state index in [-0.39, 0.29) is 19.2 Å². The summed E-state index contributed by atoms with van der Waals surface area (Å²) in [7, 11) is 1.70.